The number of benzene rings is 1. The molecule has 0 saturated heterocycles. The molecule has 1 heterocycles. The van der Waals surface area contributed by atoms with Crippen LogP contribution >= 0.6 is 23.2 Å². The van der Waals surface area contributed by atoms with Gasteiger partial charge < -0.3 is 14.6 Å². The molecule has 6 heteroatoms. The maximum absolute atomic E-state index is 11.1. The van der Waals surface area contributed by atoms with Crippen LogP contribution in [0.5, 0.6) is 0 Å². The zero-order valence-electron chi connectivity index (χ0n) is 9.66. The predicted octanol–water partition coefficient (Wildman–Crippen LogP) is 3.53. The fourth-order valence-electron chi connectivity index (χ4n) is 1.60. The van der Waals surface area contributed by atoms with Gasteiger partial charge in [-0.2, -0.15) is 0 Å². The maximum atomic E-state index is 11.1. The Bertz CT molecular complexity index is 549. The van der Waals surface area contributed by atoms with Gasteiger partial charge in [0, 0.05) is 24.4 Å². The zero-order chi connectivity index (χ0) is 13.5. The molecule has 18 heavy (non-hydrogen) atoms. The first-order valence-electron chi connectivity index (χ1n) is 5.11. The number of rotatable bonds is 2. The Labute approximate surface area is 114 Å². The van der Waals surface area contributed by atoms with Gasteiger partial charge in [-0.1, -0.05) is 23.2 Å². The summed E-state index contributed by atoms with van der Waals surface area (Å²) in [6.45, 7) is 3.24. The van der Waals surface area contributed by atoms with Crippen LogP contribution in [0.4, 0.5) is 0 Å². The highest BCUT2D eigenvalue weighted by atomic mass is 35.5. The largest absolute Gasteiger partial charge is 0.475 e. The lowest BCUT2D eigenvalue weighted by atomic mass is 10.1. The van der Waals surface area contributed by atoms with E-state index in [9.17, 15) is 4.79 Å². The van der Waals surface area contributed by atoms with Gasteiger partial charge in [0.15, 0.2) is 5.76 Å². The molecule has 0 aromatic heterocycles. The van der Waals surface area contributed by atoms with Crippen LogP contribution in [0.3, 0.4) is 0 Å². The third kappa shape index (κ3) is 2.40. The van der Waals surface area contributed by atoms with Crippen molar-refractivity contribution in [2.24, 2.45) is 0 Å². The molecule has 1 aromatic carbocycles. The second-order valence-corrected chi connectivity index (χ2v) is 5.04. The molecule has 0 radical (unpaired) electrons. The Balaban J connectivity index is 2.53. The quantitative estimate of drug-likeness (QED) is 0.904. The highest BCUT2D eigenvalue weighted by Crippen LogP contribution is 2.39. The van der Waals surface area contributed by atoms with E-state index in [0.717, 1.165) is 0 Å². The van der Waals surface area contributed by atoms with Crippen LogP contribution < -0.4 is 0 Å². The molecule has 96 valence electrons. The minimum atomic E-state index is -1.21. The van der Waals surface area contributed by atoms with E-state index in [2.05, 4.69) is 0 Å². The predicted molar refractivity (Wildman–Crippen MR) is 67.3 cm³/mol. The second kappa shape index (κ2) is 4.37. The van der Waals surface area contributed by atoms with Gasteiger partial charge in [-0.25, -0.2) is 4.79 Å². The molecule has 1 aliphatic rings. The number of carboxylic acid groups (broad SMARTS) is 1. The normalized spacial score (nSPS) is 17.3. The van der Waals surface area contributed by atoms with E-state index >= 15 is 0 Å². The van der Waals surface area contributed by atoms with Crippen molar-refractivity contribution in [3.8, 4) is 0 Å². The molecule has 1 aromatic rings. The lowest BCUT2D eigenvalue weighted by Gasteiger charge is -2.18. The lowest BCUT2D eigenvalue weighted by molar-refractivity contribution is -0.147. The summed E-state index contributed by atoms with van der Waals surface area (Å²) in [7, 11) is 0. The van der Waals surface area contributed by atoms with E-state index in [-0.39, 0.29) is 11.5 Å². The van der Waals surface area contributed by atoms with Crippen molar-refractivity contribution < 1.29 is 19.4 Å². The van der Waals surface area contributed by atoms with Crippen molar-refractivity contribution in [1.29, 1.82) is 0 Å². The van der Waals surface area contributed by atoms with Crippen LogP contribution in [0.25, 0.3) is 5.76 Å². The standard InChI is InChI=1S/C12H10Cl2O4/c1-12(2)17-9(10(18-12)11(15)16)7-4-3-6(13)5-8(7)14/h3-5H,1-2H3,(H,15,16). The van der Waals surface area contributed by atoms with Crippen LogP contribution in [0.2, 0.25) is 10.0 Å². The molecular weight excluding hydrogens is 279 g/mol. The first kappa shape index (κ1) is 13.1. The minimum Gasteiger partial charge on any atom is -0.475 e. The van der Waals surface area contributed by atoms with Gasteiger partial charge in [-0.05, 0) is 18.2 Å². The van der Waals surface area contributed by atoms with E-state index in [0.29, 0.717) is 15.6 Å². The third-order valence-electron chi connectivity index (χ3n) is 2.27. The summed E-state index contributed by atoms with van der Waals surface area (Å²) in [6.07, 6.45) is 0. The Hall–Kier alpha value is -1.39. The van der Waals surface area contributed by atoms with E-state index in [1.54, 1.807) is 26.0 Å². The van der Waals surface area contributed by atoms with Gasteiger partial charge >= 0.3 is 5.97 Å². The summed E-state index contributed by atoms with van der Waals surface area (Å²) in [5.41, 5.74) is 0.434. The summed E-state index contributed by atoms with van der Waals surface area (Å²) in [5, 5.41) is 9.85. The molecule has 0 amide bonds. The average Bonchev–Trinajstić information content (AvgIpc) is 2.54. The Kier molecular flexibility index (Phi) is 3.17. The molecular formula is C12H10Cl2O4. The van der Waals surface area contributed by atoms with Crippen LogP contribution in [-0.4, -0.2) is 16.9 Å². The van der Waals surface area contributed by atoms with E-state index in [1.165, 1.54) is 6.07 Å². The summed E-state index contributed by atoms with van der Waals surface area (Å²) in [6, 6.07) is 4.71. The van der Waals surface area contributed by atoms with Crippen molar-refractivity contribution in [1.82, 2.24) is 0 Å². The van der Waals surface area contributed by atoms with Gasteiger partial charge in [0.05, 0.1) is 5.02 Å². The average molecular weight is 289 g/mol. The van der Waals surface area contributed by atoms with Gasteiger partial charge in [0.1, 0.15) is 0 Å². The first-order valence-corrected chi connectivity index (χ1v) is 5.87. The van der Waals surface area contributed by atoms with Gasteiger partial charge in [0.25, 0.3) is 5.76 Å². The second-order valence-electron chi connectivity index (χ2n) is 4.19. The number of halogens is 2. The first-order chi connectivity index (χ1) is 8.30. The summed E-state index contributed by atoms with van der Waals surface area (Å²) < 4.78 is 10.7. The molecule has 1 aliphatic heterocycles. The van der Waals surface area contributed by atoms with Crippen molar-refractivity contribution in [2.45, 2.75) is 19.6 Å². The molecule has 0 bridgehead atoms. The van der Waals surface area contributed by atoms with Crippen LogP contribution in [0, 0.1) is 0 Å². The molecule has 0 fully saturated rings. The minimum absolute atomic E-state index is 0.106. The highest BCUT2D eigenvalue weighted by Gasteiger charge is 2.39. The van der Waals surface area contributed by atoms with E-state index in [1.807, 2.05) is 0 Å². The van der Waals surface area contributed by atoms with Gasteiger partial charge in [0.2, 0.25) is 5.79 Å². The molecule has 1 N–H and O–H groups in total. The van der Waals surface area contributed by atoms with Gasteiger partial charge in [-0.15, -0.1) is 0 Å². The SMILES string of the molecule is CC1(C)OC(C(=O)O)=C(c2ccc(Cl)cc2Cl)O1. The summed E-state index contributed by atoms with van der Waals surface area (Å²) in [4.78, 5) is 11.1. The van der Waals surface area contributed by atoms with Crippen LogP contribution in [-0.2, 0) is 14.3 Å². The molecule has 4 nitrogen and oxygen atoms in total. The van der Waals surface area contributed by atoms with Crippen molar-refractivity contribution in [2.75, 3.05) is 0 Å². The van der Waals surface area contributed by atoms with Gasteiger partial charge in [-0.3, -0.25) is 0 Å². The lowest BCUT2D eigenvalue weighted by Crippen LogP contribution is -2.21. The topological polar surface area (TPSA) is 55.8 Å². The number of ether oxygens (including phenoxy) is 2. The number of aliphatic carboxylic acids is 1. The third-order valence-corrected chi connectivity index (χ3v) is 2.82. The smallest absolute Gasteiger partial charge is 0.375 e. The fraction of sp³-hybridized carbons (Fsp3) is 0.250. The molecule has 0 saturated carbocycles. The van der Waals surface area contributed by atoms with Crippen LogP contribution in [0.1, 0.15) is 19.4 Å². The number of carboxylic acids is 1. The Morgan fingerprint density at radius 1 is 1.28 bits per heavy atom. The number of hydrogen-bond acceptors (Lipinski definition) is 3. The number of hydrogen-bond donors (Lipinski definition) is 1. The molecule has 0 spiro atoms. The monoisotopic (exact) mass is 288 g/mol. The Morgan fingerprint density at radius 2 is 1.94 bits per heavy atom. The van der Waals surface area contributed by atoms with Crippen LogP contribution in [0.15, 0.2) is 24.0 Å². The van der Waals surface area contributed by atoms with E-state index in [4.69, 9.17) is 37.8 Å². The molecule has 0 unspecified atom stereocenters. The number of carbonyl (C=O) groups is 1. The zero-order valence-corrected chi connectivity index (χ0v) is 11.2. The van der Waals surface area contributed by atoms with Crippen molar-refractivity contribution >= 4 is 34.9 Å². The molecule has 0 atom stereocenters. The maximum Gasteiger partial charge on any atom is 0.375 e. The van der Waals surface area contributed by atoms with Crippen molar-refractivity contribution in [3.63, 3.8) is 0 Å². The van der Waals surface area contributed by atoms with Crippen molar-refractivity contribution in [3.05, 3.63) is 39.6 Å². The fourth-order valence-corrected chi connectivity index (χ4v) is 2.09. The summed E-state index contributed by atoms with van der Waals surface area (Å²) >= 11 is 11.8. The highest BCUT2D eigenvalue weighted by molar-refractivity contribution is 6.35. The molecule has 2 rings (SSSR count). The molecule has 0 aliphatic carbocycles. The Morgan fingerprint density at radius 3 is 2.50 bits per heavy atom. The van der Waals surface area contributed by atoms with E-state index < -0.39 is 11.8 Å². The summed E-state index contributed by atoms with van der Waals surface area (Å²) in [5.74, 6) is -2.40.